The zero-order valence-corrected chi connectivity index (χ0v) is 12.2. The molecule has 1 rings (SSSR count). The molecule has 0 amide bonds. The van der Waals surface area contributed by atoms with Gasteiger partial charge in [-0.1, -0.05) is 20.8 Å². The zero-order chi connectivity index (χ0) is 13.1. The fraction of sp³-hybridized carbons (Fsp3) is 1.00. The van der Waals surface area contributed by atoms with Crippen LogP contribution in [0.3, 0.4) is 0 Å². The van der Waals surface area contributed by atoms with Crippen LogP contribution in [0.5, 0.6) is 0 Å². The Balaban J connectivity index is 2.60. The van der Waals surface area contributed by atoms with E-state index in [1.54, 1.807) is 0 Å². The van der Waals surface area contributed by atoms with Gasteiger partial charge in [0.2, 0.25) is 0 Å². The standard InChI is InChI=1S/C14H30N2O/c1-13(2,3)10-16(5)12-7-6-8-14(9-12,11-17)15-4/h12,15,17H,6-11H2,1-5H3. The second kappa shape index (κ2) is 5.68. The largest absolute Gasteiger partial charge is 0.394 e. The molecule has 1 saturated carbocycles. The average Bonchev–Trinajstić information content (AvgIpc) is 2.27. The summed E-state index contributed by atoms with van der Waals surface area (Å²) in [7, 11) is 4.20. The third-order valence-corrected chi connectivity index (χ3v) is 4.00. The summed E-state index contributed by atoms with van der Waals surface area (Å²) in [6.45, 7) is 8.21. The topological polar surface area (TPSA) is 35.5 Å². The van der Waals surface area contributed by atoms with E-state index in [2.05, 4.69) is 38.0 Å². The number of hydrogen-bond acceptors (Lipinski definition) is 3. The van der Waals surface area contributed by atoms with Crippen molar-refractivity contribution in [2.75, 3.05) is 27.2 Å². The molecule has 0 saturated heterocycles. The SMILES string of the molecule is CNC1(CO)CCCC(N(C)CC(C)(C)C)C1. The Bertz CT molecular complexity index is 231. The Morgan fingerprint density at radius 1 is 1.41 bits per heavy atom. The summed E-state index contributed by atoms with van der Waals surface area (Å²) in [5, 5.41) is 12.9. The molecule has 0 aromatic rings. The molecule has 1 aliphatic carbocycles. The molecule has 0 aliphatic heterocycles. The number of nitrogens with one attached hydrogen (secondary N) is 1. The van der Waals surface area contributed by atoms with Gasteiger partial charge in [-0.05, 0) is 45.2 Å². The van der Waals surface area contributed by atoms with Gasteiger partial charge in [0.1, 0.15) is 0 Å². The first-order chi connectivity index (χ1) is 7.82. The summed E-state index contributed by atoms with van der Waals surface area (Å²) in [6.07, 6.45) is 4.63. The van der Waals surface area contributed by atoms with Gasteiger partial charge in [-0.25, -0.2) is 0 Å². The number of nitrogens with zero attached hydrogens (tertiary/aromatic N) is 1. The first-order valence-electron chi connectivity index (χ1n) is 6.82. The third kappa shape index (κ3) is 4.23. The van der Waals surface area contributed by atoms with Gasteiger partial charge in [-0.15, -0.1) is 0 Å². The smallest absolute Gasteiger partial charge is 0.0613 e. The Morgan fingerprint density at radius 2 is 2.06 bits per heavy atom. The van der Waals surface area contributed by atoms with Gasteiger partial charge in [0.05, 0.1) is 6.61 Å². The second-order valence-corrected chi connectivity index (χ2v) is 6.91. The fourth-order valence-corrected chi connectivity index (χ4v) is 3.03. The van der Waals surface area contributed by atoms with E-state index in [4.69, 9.17) is 0 Å². The molecule has 17 heavy (non-hydrogen) atoms. The van der Waals surface area contributed by atoms with E-state index in [-0.39, 0.29) is 12.1 Å². The quantitative estimate of drug-likeness (QED) is 0.790. The van der Waals surface area contributed by atoms with Gasteiger partial charge in [0.15, 0.2) is 0 Å². The van der Waals surface area contributed by atoms with Crippen LogP contribution in [0, 0.1) is 5.41 Å². The minimum atomic E-state index is -0.0466. The molecule has 0 spiro atoms. The van der Waals surface area contributed by atoms with Gasteiger partial charge < -0.3 is 15.3 Å². The summed E-state index contributed by atoms with van der Waals surface area (Å²) in [5.41, 5.74) is 0.294. The van der Waals surface area contributed by atoms with E-state index in [0.717, 1.165) is 19.4 Å². The summed E-state index contributed by atoms with van der Waals surface area (Å²) in [6, 6.07) is 0.600. The van der Waals surface area contributed by atoms with E-state index >= 15 is 0 Å². The highest BCUT2D eigenvalue weighted by Crippen LogP contribution is 2.31. The van der Waals surface area contributed by atoms with Crippen LogP contribution in [0.4, 0.5) is 0 Å². The normalized spacial score (nSPS) is 30.9. The summed E-state index contributed by atoms with van der Waals surface area (Å²) >= 11 is 0. The van der Waals surface area contributed by atoms with Crippen LogP contribution in [0.2, 0.25) is 0 Å². The summed E-state index contributed by atoms with van der Waals surface area (Å²) in [5.74, 6) is 0. The molecule has 1 aliphatic rings. The van der Waals surface area contributed by atoms with Crippen molar-refractivity contribution >= 4 is 0 Å². The number of aliphatic hydroxyl groups is 1. The highest BCUT2D eigenvalue weighted by Gasteiger charge is 2.36. The van der Waals surface area contributed by atoms with Crippen LogP contribution in [0.15, 0.2) is 0 Å². The lowest BCUT2D eigenvalue weighted by Crippen LogP contribution is -2.54. The van der Waals surface area contributed by atoms with E-state index in [9.17, 15) is 5.11 Å². The number of rotatable bonds is 4. The summed E-state index contributed by atoms with van der Waals surface area (Å²) < 4.78 is 0. The number of likely N-dealkylation sites (N-methyl/N-ethyl adjacent to an activating group) is 1. The minimum absolute atomic E-state index is 0.0466. The molecule has 0 aromatic carbocycles. The van der Waals surface area contributed by atoms with E-state index in [1.165, 1.54) is 12.8 Å². The van der Waals surface area contributed by atoms with Crippen molar-refractivity contribution in [2.24, 2.45) is 5.41 Å². The fourth-order valence-electron chi connectivity index (χ4n) is 3.03. The monoisotopic (exact) mass is 242 g/mol. The Morgan fingerprint density at radius 3 is 2.53 bits per heavy atom. The molecular formula is C14H30N2O. The Kier molecular flexibility index (Phi) is 4.99. The molecule has 2 atom stereocenters. The van der Waals surface area contributed by atoms with Gasteiger partial charge in [0, 0.05) is 18.1 Å². The maximum atomic E-state index is 9.59. The van der Waals surface area contributed by atoms with Gasteiger partial charge in [-0.3, -0.25) is 0 Å². The van der Waals surface area contributed by atoms with Gasteiger partial charge in [-0.2, -0.15) is 0 Å². The first-order valence-corrected chi connectivity index (χ1v) is 6.82. The summed E-state index contributed by atoms with van der Waals surface area (Å²) in [4.78, 5) is 2.47. The van der Waals surface area contributed by atoms with E-state index in [0.29, 0.717) is 11.5 Å². The maximum absolute atomic E-state index is 9.59. The number of hydrogen-bond donors (Lipinski definition) is 2. The molecule has 0 bridgehead atoms. The first kappa shape index (κ1) is 14.9. The molecule has 0 aromatic heterocycles. The van der Waals surface area contributed by atoms with Gasteiger partial charge >= 0.3 is 0 Å². The van der Waals surface area contributed by atoms with Crippen LogP contribution in [-0.4, -0.2) is 48.8 Å². The predicted molar refractivity (Wildman–Crippen MR) is 73.2 cm³/mol. The molecule has 102 valence electrons. The Hall–Kier alpha value is -0.120. The molecular weight excluding hydrogens is 212 g/mol. The van der Waals surface area contributed by atoms with Crippen molar-refractivity contribution < 1.29 is 5.11 Å². The van der Waals surface area contributed by atoms with Crippen LogP contribution in [-0.2, 0) is 0 Å². The maximum Gasteiger partial charge on any atom is 0.0613 e. The molecule has 2 unspecified atom stereocenters. The van der Waals surface area contributed by atoms with Crippen LogP contribution in [0.25, 0.3) is 0 Å². The van der Waals surface area contributed by atoms with Gasteiger partial charge in [0.25, 0.3) is 0 Å². The molecule has 3 heteroatoms. The van der Waals surface area contributed by atoms with Crippen molar-refractivity contribution in [3.8, 4) is 0 Å². The van der Waals surface area contributed by atoms with Crippen molar-refractivity contribution in [1.82, 2.24) is 10.2 Å². The lowest BCUT2D eigenvalue weighted by molar-refractivity contribution is 0.0616. The van der Waals surface area contributed by atoms with Crippen LogP contribution >= 0.6 is 0 Å². The number of aliphatic hydroxyl groups excluding tert-OH is 1. The van der Waals surface area contributed by atoms with E-state index < -0.39 is 0 Å². The Labute approximate surface area is 107 Å². The molecule has 2 N–H and O–H groups in total. The highest BCUT2D eigenvalue weighted by atomic mass is 16.3. The van der Waals surface area contributed by atoms with E-state index in [1.807, 2.05) is 7.05 Å². The molecule has 0 heterocycles. The molecule has 0 radical (unpaired) electrons. The second-order valence-electron chi connectivity index (χ2n) is 6.91. The van der Waals surface area contributed by atoms with Crippen molar-refractivity contribution in [3.05, 3.63) is 0 Å². The van der Waals surface area contributed by atoms with Crippen LogP contribution in [0.1, 0.15) is 46.5 Å². The zero-order valence-electron chi connectivity index (χ0n) is 12.2. The lowest BCUT2D eigenvalue weighted by atomic mass is 9.78. The minimum Gasteiger partial charge on any atom is -0.394 e. The van der Waals surface area contributed by atoms with Crippen LogP contribution < -0.4 is 5.32 Å². The highest BCUT2D eigenvalue weighted by molar-refractivity contribution is 4.95. The molecule has 3 nitrogen and oxygen atoms in total. The van der Waals surface area contributed by atoms with Crippen molar-refractivity contribution in [2.45, 2.75) is 58.0 Å². The third-order valence-electron chi connectivity index (χ3n) is 4.00. The van der Waals surface area contributed by atoms with Crippen molar-refractivity contribution in [1.29, 1.82) is 0 Å². The predicted octanol–water partition coefficient (Wildman–Crippen LogP) is 1.86. The molecule has 1 fully saturated rings. The average molecular weight is 242 g/mol. The lowest BCUT2D eigenvalue weighted by Gasteiger charge is -2.44. The van der Waals surface area contributed by atoms with Crippen molar-refractivity contribution in [3.63, 3.8) is 0 Å².